The van der Waals surface area contributed by atoms with Crippen molar-refractivity contribution < 1.29 is 5.11 Å². The SMILES string of the molecule is CN1CCC(O)(c2cc[c]cc2)CC1. The highest BCUT2D eigenvalue weighted by atomic mass is 16.3. The van der Waals surface area contributed by atoms with Crippen molar-refractivity contribution in [3.63, 3.8) is 0 Å². The van der Waals surface area contributed by atoms with Crippen molar-refractivity contribution in [3.05, 3.63) is 35.9 Å². The molecule has 75 valence electrons. The van der Waals surface area contributed by atoms with E-state index >= 15 is 0 Å². The van der Waals surface area contributed by atoms with Crippen molar-refractivity contribution >= 4 is 0 Å². The molecule has 2 nitrogen and oxygen atoms in total. The van der Waals surface area contributed by atoms with Gasteiger partial charge in [-0.1, -0.05) is 24.3 Å². The van der Waals surface area contributed by atoms with E-state index in [2.05, 4.69) is 18.0 Å². The second kappa shape index (κ2) is 3.71. The van der Waals surface area contributed by atoms with Crippen LogP contribution in [0.15, 0.2) is 24.3 Å². The first-order chi connectivity index (χ1) is 6.71. The third kappa shape index (κ3) is 1.81. The van der Waals surface area contributed by atoms with Crippen molar-refractivity contribution in [2.24, 2.45) is 0 Å². The Morgan fingerprint density at radius 3 is 2.43 bits per heavy atom. The molecule has 1 heterocycles. The van der Waals surface area contributed by atoms with Crippen LogP contribution in [0.3, 0.4) is 0 Å². The molecule has 0 spiro atoms. The molecule has 0 amide bonds. The molecule has 1 aromatic carbocycles. The van der Waals surface area contributed by atoms with Gasteiger partial charge in [-0.25, -0.2) is 0 Å². The number of piperidine rings is 1. The fourth-order valence-electron chi connectivity index (χ4n) is 1.97. The van der Waals surface area contributed by atoms with Gasteiger partial charge in [0.2, 0.25) is 0 Å². The summed E-state index contributed by atoms with van der Waals surface area (Å²) in [7, 11) is 2.10. The first-order valence-corrected chi connectivity index (χ1v) is 5.08. The van der Waals surface area contributed by atoms with Crippen LogP contribution >= 0.6 is 0 Å². The normalized spacial score (nSPS) is 22.1. The quantitative estimate of drug-likeness (QED) is 0.723. The number of benzene rings is 1. The third-order valence-corrected chi connectivity index (χ3v) is 3.07. The Kier molecular flexibility index (Phi) is 2.57. The molecule has 0 aromatic heterocycles. The van der Waals surface area contributed by atoms with E-state index in [9.17, 15) is 5.11 Å². The predicted octanol–water partition coefficient (Wildman–Crippen LogP) is 1.40. The Labute approximate surface area is 85.2 Å². The van der Waals surface area contributed by atoms with E-state index in [1.54, 1.807) is 0 Å². The molecule has 1 saturated heterocycles. The lowest BCUT2D eigenvalue weighted by atomic mass is 9.85. The number of likely N-dealkylation sites (tertiary alicyclic amines) is 1. The molecule has 1 aromatic rings. The van der Waals surface area contributed by atoms with Crippen molar-refractivity contribution in [2.75, 3.05) is 20.1 Å². The Bertz CT molecular complexity index is 288. The van der Waals surface area contributed by atoms with E-state index in [1.165, 1.54) is 0 Å². The fourth-order valence-corrected chi connectivity index (χ4v) is 1.97. The maximum Gasteiger partial charge on any atom is 0.0920 e. The lowest BCUT2D eigenvalue weighted by Gasteiger charge is -2.36. The Balaban J connectivity index is 2.17. The summed E-state index contributed by atoms with van der Waals surface area (Å²) in [5, 5.41) is 10.4. The average Bonchev–Trinajstić information content (AvgIpc) is 2.24. The van der Waals surface area contributed by atoms with E-state index < -0.39 is 5.60 Å². The zero-order valence-corrected chi connectivity index (χ0v) is 8.53. The highest BCUT2D eigenvalue weighted by Crippen LogP contribution is 2.31. The molecule has 0 bridgehead atoms. The summed E-state index contributed by atoms with van der Waals surface area (Å²) >= 11 is 0. The number of nitrogens with zero attached hydrogens (tertiary/aromatic N) is 1. The third-order valence-electron chi connectivity index (χ3n) is 3.07. The van der Waals surface area contributed by atoms with Crippen LogP contribution in [0.4, 0.5) is 0 Å². The summed E-state index contributed by atoms with van der Waals surface area (Å²) in [4.78, 5) is 2.25. The summed E-state index contributed by atoms with van der Waals surface area (Å²) in [6.45, 7) is 1.93. The van der Waals surface area contributed by atoms with Crippen LogP contribution < -0.4 is 0 Å². The Hall–Kier alpha value is -0.860. The molecule has 1 radical (unpaired) electrons. The highest BCUT2D eigenvalue weighted by Gasteiger charge is 2.32. The van der Waals surface area contributed by atoms with Crippen molar-refractivity contribution in [2.45, 2.75) is 18.4 Å². The minimum absolute atomic E-state index is 0.610. The van der Waals surface area contributed by atoms with Crippen molar-refractivity contribution in [1.82, 2.24) is 4.90 Å². The zero-order valence-electron chi connectivity index (χ0n) is 8.53. The first-order valence-electron chi connectivity index (χ1n) is 5.08. The van der Waals surface area contributed by atoms with Gasteiger partial charge in [-0.15, -0.1) is 0 Å². The lowest BCUT2D eigenvalue weighted by Crippen LogP contribution is -2.40. The summed E-state index contributed by atoms with van der Waals surface area (Å²) < 4.78 is 0. The van der Waals surface area contributed by atoms with Gasteiger partial charge in [0, 0.05) is 13.1 Å². The minimum Gasteiger partial charge on any atom is -0.385 e. The van der Waals surface area contributed by atoms with Gasteiger partial charge in [0.1, 0.15) is 0 Å². The van der Waals surface area contributed by atoms with Crippen LogP contribution in [0.5, 0.6) is 0 Å². The second-order valence-electron chi connectivity index (χ2n) is 4.12. The molecule has 14 heavy (non-hydrogen) atoms. The minimum atomic E-state index is -0.610. The number of rotatable bonds is 1. The molecule has 0 aliphatic carbocycles. The van der Waals surface area contributed by atoms with E-state index in [0.717, 1.165) is 31.5 Å². The van der Waals surface area contributed by atoms with Gasteiger partial charge in [0.05, 0.1) is 5.60 Å². The number of hydrogen-bond acceptors (Lipinski definition) is 2. The molecule has 1 aliphatic rings. The van der Waals surface area contributed by atoms with Gasteiger partial charge in [-0.3, -0.25) is 0 Å². The van der Waals surface area contributed by atoms with Gasteiger partial charge in [-0.2, -0.15) is 0 Å². The maximum absolute atomic E-state index is 10.4. The molecule has 0 unspecified atom stereocenters. The molecule has 2 heteroatoms. The van der Waals surface area contributed by atoms with Crippen molar-refractivity contribution in [3.8, 4) is 0 Å². The largest absolute Gasteiger partial charge is 0.385 e. The smallest absolute Gasteiger partial charge is 0.0920 e. The number of aliphatic hydroxyl groups is 1. The van der Waals surface area contributed by atoms with Gasteiger partial charge >= 0.3 is 0 Å². The van der Waals surface area contributed by atoms with Gasteiger partial charge in [0.25, 0.3) is 0 Å². The van der Waals surface area contributed by atoms with Gasteiger partial charge in [0.15, 0.2) is 0 Å². The summed E-state index contributed by atoms with van der Waals surface area (Å²) in [6.07, 6.45) is 1.65. The predicted molar refractivity (Wildman–Crippen MR) is 55.9 cm³/mol. The summed E-state index contributed by atoms with van der Waals surface area (Å²) in [5.74, 6) is 0. The second-order valence-corrected chi connectivity index (χ2v) is 4.12. The first kappa shape index (κ1) is 9.69. The fraction of sp³-hybridized carbons (Fsp3) is 0.500. The Morgan fingerprint density at radius 2 is 1.86 bits per heavy atom. The van der Waals surface area contributed by atoms with Gasteiger partial charge < -0.3 is 10.0 Å². The monoisotopic (exact) mass is 190 g/mol. The number of hydrogen-bond donors (Lipinski definition) is 1. The van der Waals surface area contributed by atoms with E-state index in [1.807, 2.05) is 24.3 Å². The molecule has 1 fully saturated rings. The summed E-state index contributed by atoms with van der Waals surface area (Å²) in [5.41, 5.74) is 0.422. The standard InChI is InChI=1S/C12H16NO/c1-13-9-7-12(14,8-10-13)11-5-3-2-4-6-11/h3-6,14H,7-10H2,1H3. The molecule has 2 rings (SSSR count). The van der Waals surface area contributed by atoms with Crippen LogP contribution in [0.25, 0.3) is 0 Å². The maximum atomic E-state index is 10.4. The van der Waals surface area contributed by atoms with Crippen LogP contribution in [-0.2, 0) is 5.60 Å². The van der Waals surface area contributed by atoms with E-state index in [4.69, 9.17) is 0 Å². The van der Waals surface area contributed by atoms with Crippen LogP contribution in [0.1, 0.15) is 18.4 Å². The zero-order chi connectivity index (χ0) is 10.0. The van der Waals surface area contributed by atoms with E-state index in [0.29, 0.717) is 0 Å². The van der Waals surface area contributed by atoms with Crippen LogP contribution in [-0.4, -0.2) is 30.1 Å². The van der Waals surface area contributed by atoms with Crippen molar-refractivity contribution in [1.29, 1.82) is 0 Å². The molecular weight excluding hydrogens is 174 g/mol. The Morgan fingerprint density at radius 1 is 1.29 bits per heavy atom. The molecular formula is C12H16NO. The van der Waals surface area contributed by atoms with Crippen LogP contribution in [0.2, 0.25) is 0 Å². The van der Waals surface area contributed by atoms with Gasteiger partial charge in [-0.05, 0) is 31.5 Å². The molecule has 1 N–H and O–H groups in total. The lowest BCUT2D eigenvalue weighted by molar-refractivity contribution is -0.0203. The molecule has 0 atom stereocenters. The highest BCUT2D eigenvalue weighted by molar-refractivity contribution is 5.22. The molecule has 1 aliphatic heterocycles. The van der Waals surface area contributed by atoms with E-state index in [-0.39, 0.29) is 0 Å². The summed E-state index contributed by atoms with van der Waals surface area (Å²) in [6, 6.07) is 10.6. The topological polar surface area (TPSA) is 23.5 Å². The molecule has 0 saturated carbocycles. The average molecular weight is 190 g/mol. The van der Waals surface area contributed by atoms with Crippen LogP contribution in [0, 0.1) is 6.07 Å².